The van der Waals surface area contributed by atoms with Crippen molar-refractivity contribution >= 4 is 11.5 Å². The van der Waals surface area contributed by atoms with Gasteiger partial charge in [-0.15, -0.1) is 0 Å². The molecule has 2 aromatic heterocycles. The van der Waals surface area contributed by atoms with Crippen LogP contribution in [0.25, 0.3) is 0 Å². The van der Waals surface area contributed by atoms with Crippen molar-refractivity contribution in [3.8, 4) is 0 Å². The summed E-state index contributed by atoms with van der Waals surface area (Å²) in [6.45, 7) is 5.14. The first-order chi connectivity index (χ1) is 13.0. The van der Waals surface area contributed by atoms with E-state index in [-0.39, 0.29) is 6.17 Å². The number of furan rings is 1. The van der Waals surface area contributed by atoms with E-state index in [0.29, 0.717) is 0 Å². The SMILES string of the molecule is Cc1ccc(C)c(Cc2ccc(C3Nc4cc(CN(C)C)cnc4N3)o2)c1. The Labute approximate surface area is 160 Å². The van der Waals surface area contributed by atoms with Crippen LogP contribution >= 0.6 is 0 Å². The van der Waals surface area contributed by atoms with Crippen LogP contribution in [-0.4, -0.2) is 24.0 Å². The molecule has 0 bridgehead atoms. The Kier molecular flexibility index (Phi) is 4.62. The van der Waals surface area contributed by atoms with Crippen molar-refractivity contribution in [3.05, 3.63) is 76.4 Å². The lowest BCUT2D eigenvalue weighted by Crippen LogP contribution is -2.11. The van der Waals surface area contributed by atoms with Gasteiger partial charge in [-0.3, -0.25) is 0 Å². The number of anilines is 2. The molecule has 0 aliphatic carbocycles. The smallest absolute Gasteiger partial charge is 0.158 e. The molecule has 3 aromatic rings. The fraction of sp³-hybridized carbons (Fsp3) is 0.318. The Balaban J connectivity index is 1.48. The Morgan fingerprint density at radius 3 is 2.74 bits per heavy atom. The van der Waals surface area contributed by atoms with Crippen LogP contribution in [0.5, 0.6) is 0 Å². The number of hydrogen-bond acceptors (Lipinski definition) is 5. The second-order valence-corrected chi connectivity index (χ2v) is 7.61. The Morgan fingerprint density at radius 1 is 1.07 bits per heavy atom. The van der Waals surface area contributed by atoms with E-state index < -0.39 is 0 Å². The summed E-state index contributed by atoms with van der Waals surface area (Å²) < 4.78 is 6.13. The maximum atomic E-state index is 6.13. The molecule has 1 atom stereocenters. The molecule has 0 saturated heterocycles. The molecule has 140 valence electrons. The molecule has 2 N–H and O–H groups in total. The van der Waals surface area contributed by atoms with Gasteiger partial charge >= 0.3 is 0 Å². The zero-order valence-corrected chi connectivity index (χ0v) is 16.3. The molecular formula is C22H26N4O. The van der Waals surface area contributed by atoms with Gasteiger partial charge in [0.2, 0.25) is 0 Å². The first-order valence-corrected chi connectivity index (χ1v) is 9.29. The molecule has 1 aliphatic rings. The fourth-order valence-corrected chi connectivity index (χ4v) is 3.48. The largest absolute Gasteiger partial charge is 0.462 e. The average molecular weight is 362 g/mol. The maximum absolute atomic E-state index is 6.13. The van der Waals surface area contributed by atoms with Crippen molar-refractivity contribution in [2.45, 2.75) is 33.0 Å². The monoisotopic (exact) mass is 362 g/mol. The van der Waals surface area contributed by atoms with Crippen LogP contribution in [0, 0.1) is 13.8 Å². The summed E-state index contributed by atoms with van der Waals surface area (Å²) in [5.74, 6) is 2.72. The second kappa shape index (κ2) is 7.08. The van der Waals surface area contributed by atoms with Gasteiger partial charge in [0.1, 0.15) is 11.5 Å². The van der Waals surface area contributed by atoms with Crippen LogP contribution in [0.4, 0.5) is 11.5 Å². The van der Waals surface area contributed by atoms with Crippen molar-refractivity contribution in [1.82, 2.24) is 9.88 Å². The number of pyridine rings is 1. The Bertz CT molecular complexity index is 961. The second-order valence-electron chi connectivity index (χ2n) is 7.61. The fourth-order valence-electron chi connectivity index (χ4n) is 3.48. The molecule has 0 amide bonds. The molecule has 3 heterocycles. The average Bonchev–Trinajstić information content (AvgIpc) is 3.23. The maximum Gasteiger partial charge on any atom is 0.158 e. The normalized spacial score (nSPS) is 15.5. The van der Waals surface area contributed by atoms with Gasteiger partial charge in [0.15, 0.2) is 12.0 Å². The number of nitrogens with zero attached hydrogens (tertiary/aromatic N) is 2. The summed E-state index contributed by atoms with van der Waals surface area (Å²) in [4.78, 5) is 6.68. The highest BCUT2D eigenvalue weighted by Gasteiger charge is 2.25. The van der Waals surface area contributed by atoms with Crippen LogP contribution in [-0.2, 0) is 13.0 Å². The number of aromatic nitrogens is 1. The number of hydrogen-bond donors (Lipinski definition) is 2. The third-order valence-corrected chi connectivity index (χ3v) is 4.86. The van der Waals surface area contributed by atoms with Crippen molar-refractivity contribution < 1.29 is 4.42 Å². The summed E-state index contributed by atoms with van der Waals surface area (Å²) in [6.07, 6.45) is 2.64. The highest BCUT2D eigenvalue weighted by atomic mass is 16.3. The van der Waals surface area contributed by atoms with Gasteiger partial charge in [-0.25, -0.2) is 4.98 Å². The van der Waals surface area contributed by atoms with Crippen LogP contribution in [0.3, 0.4) is 0 Å². The van der Waals surface area contributed by atoms with Gasteiger partial charge < -0.3 is 20.0 Å². The third-order valence-electron chi connectivity index (χ3n) is 4.86. The number of nitrogens with one attached hydrogen (secondary N) is 2. The van der Waals surface area contributed by atoms with Crippen LogP contribution in [0.1, 0.15) is 39.9 Å². The lowest BCUT2D eigenvalue weighted by atomic mass is 10.0. The van der Waals surface area contributed by atoms with Gasteiger partial charge in [0, 0.05) is 19.2 Å². The van der Waals surface area contributed by atoms with E-state index in [2.05, 4.69) is 78.8 Å². The minimum atomic E-state index is -0.0885. The molecule has 1 unspecified atom stereocenters. The zero-order chi connectivity index (χ0) is 19.0. The van der Waals surface area contributed by atoms with E-state index in [0.717, 1.165) is 36.0 Å². The molecule has 0 radical (unpaired) electrons. The van der Waals surface area contributed by atoms with Crippen molar-refractivity contribution in [1.29, 1.82) is 0 Å². The zero-order valence-electron chi connectivity index (χ0n) is 16.3. The van der Waals surface area contributed by atoms with E-state index >= 15 is 0 Å². The summed E-state index contributed by atoms with van der Waals surface area (Å²) >= 11 is 0. The molecule has 0 saturated carbocycles. The highest BCUT2D eigenvalue weighted by Crippen LogP contribution is 2.35. The summed E-state index contributed by atoms with van der Waals surface area (Å²) in [7, 11) is 4.12. The molecular weight excluding hydrogens is 336 g/mol. The summed E-state index contributed by atoms with van der Waals surface area (Å²) in [5, 5.41) is 6.88. The van der Waals surface area contributed by atoms with E-state index in [1.54, 1.807) is 0 Å². The number of fused-ring (bicyclic) bond motifs is 1. The molecule has 0 spiro atoms. The van der Waals surface area contributed by atoms with Crippen molar-refractivity contribution in [3.63, 3.8) is 0 Å². The Morgan fingerprint density at radius 2 is 1.93 bits per heavy atom. The molecule has 5 nitrogen and oxygen atoms in total. The quantitative estimate of drug-likeness (QED) is 0.701. The van der Waals surface area contributed by atoms with E-state index in [1.165, 1.54) is 22.3 Å². The van der Waals surface area contributed by atoms with Crippen LogP contribution in [0.15, 0.2) is 47.0 Å². The standard InChI is InChI=1S/C22H26N4O/c1-14-5-6-15(2)17(9-14)11-18-7-8-20(27-18)22-24-19-10-16(13-26(3)4)12-23-21(19)25-22/h5-10,12,22,24H,11,13H2,1-4H3,(H,23,25). The van der Waals surface area contributed by atoms with E-state index in [9.17, 15) is 0 Å². The van der Waals surface area contributed by atoms with Crippen LogP contribution < -0.4 is 10.6 Å². The minimum Gasteiger partial charge on any atom is -0.462 e. The third kappa shape index (κ3) is 3.83. The van der Waals surface area contributed by atoms with Crippen molar-refractivity contribution in [2.75, 3.05) is 24.7 Å². The van der Waals surface area contributed by atoms with Crippen LogP contribution in [0.2, 0.25) is 0 Å². The van der Waals surface area contributed by atoms with Gasteiger partial charge in [-0.1, -0.05) is 23.8 Å². The van der Waals surface area contributed by atoms with E-state index in [1.807, 2.05) is 12.3 Å². The molecule has 4 rings (SSSR count). The highest BCUT2D eigenvalue weighted by molar-refractivity contribution is 5.71. The molecule has 5 heteroatoms. The van der Waals surface area contributed by atoms with E-state index in [4.69, 9.17) is 4.42 Å². The minimum absolute atomic E-state index is 0.0885. The first kappa shape index (κ1) is 17.6. The molecule has 1 aliphatic heterocycles. The lowest BCUT2D eigenvalue weighted by molar-refractivity contribution is 0.402. The molecule has 0 fully saturated rings. The van der Waals surface area contributed by atoms with Gasteiger partial charge in [0.05, 0.1) is 5.69 Å². The van der Waals surface area contributed by atoms with Gasteiger partial charge in [-0.05, 0) is 62.8 Å². The first-order valence-electron chi connectivity index (χ1n) is 9.29. The summed E-state index contributed by atoms with van der Waals surface area (Å²) in [5.41, 5.74) is 6.08. The predicted molar refractivity (Wildman–Crippen MR) is 109 cm³/mol. The lowest BCUT2D eigenvalue weighted by Gasteiger charge is -2.10. The topological polar surface area (TPSA) is 53.3 Å². The van der Waals surface area contributed by atoms with Gasteiger partial charge in [-0.2, -0.15) is 0 Å². The molecule has 27 heavy (non-hydrogen) atoms. The predicted octanol–water partition coefficient (Wildman–Crippen LogP) is 4.48. The number of rotatable bonds is 5. The van der Waals surface area contributed by atoms with Crippen molar-refractivity contribution in [2.24, 2.45) is 0 Å². The number of benzene rings is 1. The Hall–Kier alpha value is -2.79. The van der Waals surface area contributed by atoms with Gasteiger partial charge in [0.25, 0.3) is 0 Å². The number of aryl methyl sites for hydroxylation is 2. The summed E-state index contributed by atoms with van der Waals surface area (Å²) in [6, 6.07) is 12.8. The molecule has 1 aromatic carbocycles.